The predicted molar refractivity (Wildman–Crippen MR) is 102 cm³/mol. The third-order valence-corrected chi connectivity index (χ3v) is 5.44. The Hall–Kier alpha value is -2.50. The zero-order valence-corrected chi connectivity index (χ0v) is 15.2. The number of hydrogen-bond acceptors (Lipinski definition) is 3. The van der Waals surface area contributed by atoms with E-state index in [9.17, 15) is 9.18 Å². The molecule has 4 rings (SSSR count). The number of benzene rings is 2. The summed E-state index contributed by atoms with van der Waals surface area (Å²) >= 11 is 7.59. The van der Waals surface area contributed by atoms with Crippen molar-refractivity contribution >= 4 is 34.6 Å². The highest BCUT2D eigenvalue weighted by molar-refractivity contribution is 7.12. The van der Waals surface area contributed by atoms with E-state index in [2.05, 4.69) is 5.10 Å². The van der Waals surface area contributed by atoms with Gasteiger partial charge in [-0.3, -0.25) is 4.79 Å². The number of hydrazone groups is 1. The van der Waals surface area contributed by atoms with E-state index in [0.717, 1.165) is 16.2 Å². The van der Waals surface area contributed by atoms with Crippen LogP contribution in [0, 0.1) is 5.82 Å². The molecular formula is C20H14ClFN2OS. The van der Waals surface area contributed by atoms with Crippen molar-refractivity contribution in [1.82, 2.24) is 5.01 Å². The Morgan fingerprint density at radius 3 is 2.50 bits per heavy atom. The zero-order valence-electron chi connectivity index (χ0n) is 13.6. The van der Waals surface area contributed by atoms with Crippen LogP contribution in [0.1, 0.15) is 33.3 Å². The molecule has 0 fully saturated rings. The Bertz CT molecular complexity index is 952. The van der Waals surface area contributed by atoms with E-state index in [-0.39, 0.29) is 17.8 Å². The Balaban J connectivity index is 1.71. The molecule has 1 unspecified atom stereocenters. The third kappa shape index (κ3) is 3.28. The topological polar surface area (TPSA) is 32.7 Å². The smallest absolute Gasteiger partial charge is 0.267 e. The normalized spacial score (nSPS) is 16.6. The molecule has 1 amide bonds. The molecule has 0 bridgehead atoms. The van der Waals surface area contributed by atoms with Crippen molar-refractivity contribution in [1.29, 1.82) is 0 Å². The first-order valence-electron chi connectivity index (χ1n) is 8.08. The van der Waals surface area contributed by atoms with Gasteiger partial charge in [0.1, 0.15) is 5.82 Å². The lowest BCUT2D eigenvalue weighted by Gasteiger charge is -2.22. The van der Waals surface area contributed by atoms with Gasteiger partial charge in [0.15, 0.2) is 0 Å². The van der Waals surface area contributed by atoms with Crippen LogP contribution in [-0.4, -0.2) is 16.6 Å². The van der Waals surface area contributed by atoms with Crippen LogP contribution in [0.25, 0.3) is 0 Å². The molecule has 2 heterocycles. The average molecular weight is 385 g/mol. The number of carbonyl (C=O) groups excluding carboxylic acids is 1. The minimum absolute atomic E-state index is 0.220. The molecule has 3 aromatic rings. The molecular weight excluding hydrogens is 371 g/mol. The number of rotatable bonds is 3. The monoisotopic (exact) mass is 384 g/mol. The summed E-state index contributed by atoms with van der Waals surface area (Å²) in [5.74, 6) is -0.628. The molecule has 1 aromatic heterocycles. The fraction of sp³-hybridized carbons (Fsp3) is 0.100. The van der Waals surface area contributed by atoms with Crippen molar-refractivity contribution in [2.45, 2.75) is 12.5 Å². The fourth-order valence-corrected chi connectivity index (χ4v) is 3.81. The van der Waals surface area contributed by atoms with Crippen LogP contribution in [-0.2, 0) is 0 Å². The molecule has 26 heavy (non-hydrogen) atoms. The van der Waals surface area contributed by atoms with Gasteiger partial charge in [-0.05, 0) is 53.4 Å². The molecule has 0 spiro atoms. The molecule has 0 aliphatic carbocycles. The van der Waals surface area contributed by atoms with Crippen molar-refractivity contribution in [3.05, 3.63) is 92.9 Å². The Morgan fingerprint density at radius 2 is 1.85 bits per heavy atom. The molecule has 0 saturated carbocycles. The number of carbonyl (C=O) groups is 1. The van der Waals surface area contributed by atoms with Gasteiger partial charge in [0.05, 0.1) is 16.6 Å². The van der Waals surface area contributed by atoms with Crippen LogP contribution >= 0.6 is 22.9 Å². The molecule has 1 aliphatic heterocycles. The maximum atomic E-state index is 13.2. The van der Waals surface area contributed by atoms with E-state index in [4.69, 9.17) is 11.6 Å². The predicted octanol–water partition coefficient (Wildman–Crippen LogP) is 5.53. The maximum Gasteiger partial charge on any atom is 0.274 e. The lowest BCUT2D eigenvalue weighted by atomic mass is 10.0. The summed E-state index contributed by atoms with van der Waals surface area (Å²) in [6.45, 7) is 0. The molecule has 1 atom stereocenters. The number of thiophene rings is 1. The molecule has 3 nitrogen and oxygen atoms in total. The molecule has 130 valence electrons. The minimum Gasteiger partial charge on any atom is -0.267 e. The largest absolute Gasteiger partial charge is 0.274 e. The van der Waals surface area contributed by atoms with E-state index < -0.39 is 0 Å². The molecule has 0 saturated heterocycles. The summed E-state index contributed by atoms with van der Waals surface area (Å²) in [7, 11) is 0. The van der Waals surface area contributed by atoms with E-state index in [1.807, 2.05) is 29.6 Å². The zero-order chi connectivity index (χ0) is 18.1. The first-order chi connectivity index (χ1) is 12.6. The van der Waals surface area contributed by atoms with Crippen molar-refractivity contribution in [2.24, 2.45) is 5.10 Å². The maximum absolute atomic E-state index is 13.2. The van der Waals surface area contributed by atoms with Crippen LogP contribution in [0.2, 0.25) is 5.02 Å². The first kappa shape index (κ1) is 16.9. The highest BCUT2D eigenvalue weighted by Gasteiger charge is 2.33. The lowest BCUT2D eigenvalue weighted by molar-refractivity contribution is 0.0711. The van der Waals surface area contributed by atoms with E-state index in [1.54, 1.807) is 23.5 Å². The van der Waals surface area contributed by atoms with Crippen LogP contribution < -0.4 is 0 Å². The minimum atomic E-state index is -0.375. The number of amides is 1. The Morgan fingerprint density at radius 1 is 1.12 bits per heavy atom. The Labute approximate surface area is 159 Å². The molecule has 0 radical (unpaired) electrons. The summed E-state index contributed by atoms with van der Waals surface area (Å²) in [5, 5.41) is 8.71. The van der Waals surface area contributed by atoms with Crippen LogP contribution in [0.15, 0.2) is 71.1 Å². The molecule has 0 N–H and O–H groups in total. The standard InChI is InChI=1S/C20H14ClFN2OS/c21-15-7-3-13(4-8-15)18-12-17(19-2-1-11-26-19)23-24(18)20(25)14-5-9-16(22)10-6-14/h1-11,18H,12H2. The highest BCUT2D eigenvalue weighted by Crippen LogP contribution is 2.35. The van der Waals surface area contributed by atoms with Gasteiger partial charge in [-0.1, -0.05) is 29.8 Å². The van der Waals surface area contributed by atoms with Gasteiger partial charge in [0.25, 0.3) is 5.91 Å². The Kier molecular flexibility index (Phi) is 4.57. The number of hydrogen-bond donors (Lipinski definition) is 0. The van der Waals surface area contributed by atoms with Crippen molar-refractivity contribution in [3.8, 4) is 0 Å². The van der Waals surface area contributed by atoms with Gasteiger partial charge in [-0.2, -0.15) is 5.10 Å². The molecule has 1 aliphatic rings. The summed E-state index contributed by atoms with van der Waals surface area (Å²) in [6, 6.07) is 16.7. The van der Waals surface area contributed by atoms with Gasteiger partial charge in [0, 0.05) is 17.0 Å². The molecule has 2 aromatic carbocycles. The lowest BCUT2D eigenvalue weighted by Crippen LogP contribution is -2.27. The van der Waals surface area contributed by atoms with Crippen LogP contribution in [0.4, 0.5) is 4.39 Å². The SMILES string of the molecule is O=C(c1ccc(F)cc1)N1N=C(c2cccs2)CC1c1ccc(Cl)cc1. The highest BCUT2D eigenvalue weighted by atomic mass is 35.5. The van der Waals surface area contributed by atoms with Crippen molar-refractivity contribution < 1.29 is 9.18 Å². The second-order valence-electron chi connectivity index (χ2n) is 5.95. The van der Waals surface area contributed by atoms with E-state index in [0.29, 0.717) is 17.0 Å². The number of nitrogens with zero attached hydrogens (tertiary/aromatic N) is 2. The molecule has 6 heteroatoms. The average Bonchev–Trinajstić information content (AvgIpc) is 3.32. The van der Waals surface area contributed by atoms with Crippen LogP contribution in [0.5, 0.6) is 0 Å². The number of halogens is 2. The van der Waals surface area contributed by atoms with Crippen LogP contribution in [0.3, 0.4) is 0 Å². The summed E-state index contributed by atoms with van der Waals surface area (Å²) in [6.07, 6.45) is 0.620. The quantitative estimate of drug-likeness (QED) is 0.584. The first-order valence-corrected chi connectivity index (χ1v) is 9.33. The van der Waals surface area contributed by atoms with Gasteiger partial charge in [-0.15, -0.1) is 11.3 Å². The van der Waals surface area contributed by atoms with Crippen molar-refractivity contribution in [2.75, 3.05) is 0 Å². The second-order valence-corrected chi connectivity index (χ2v) is 7.34. The van der Waals surface area contributed by atoms with E-state index >= 15 is 0 Å². The van der Waals surface area contributed by atoms with Gasteiger partial charge in [0.2, 0.25) is 0 Å². The van der Waals surface area contributed by atoms with E-state index in [1.165, 1.54) is 29.3 Å². The third-order valence-electron chi connectivity index (χ3n) is 4.27. The van der Waals surface area contributed by atoms with Crippen molar-refractivity contribution in [3.63, 3.8) is 0 Å². The summed E-state index contributed by atoms with van der Waals surface area (Å²) in [4.78, 5) is 14.0. The van der Waals surface area contributed by atoms with Gasteiger partial charge in [-0.25, -0.2) is 9.40 Å². The van der Waals surface area contributed by atoms with Gasteiger partial charge >= 0.3 is 0 Å². The fourth-order valence-electron chi connectivity index (χ4n) is 2.96. The van der Waals surface area contributed by atoms with Gasteiger partial charge < -0.3 is 0 Å². The summed E-state index contributed by atoms with van der Waals surface area (Å²) in [5.41, 5.74) is 2.23. The summed E-state index contributed by atoms with van der Waals surface area (Å²) < 4.78 is 13.2. The second kappa shape index (κ2) is 7.02.